The van der Waals surface area contributed by atoms with Crippen molar-refractivity contribution in [2.75, 3.05) is 13.1 Å². The van der Waals surface area contributed by atoms with Gasteiger partial charge >= 0.3 is 0 Å². The Kier molecular flexibility index (Phi) is 2.50. The van der Waals surface area contributed by atoms with Gasteiger partial charge in [-0.15, -0.1) is 11.3 Å². The van der Waals surface area contributed by atoms with Crippen LogP contribution in [0.15, 0.2) is 17.5 Å². The molecule has 1 aliphatic heterocycles. The zero-order chi connectivity index (χ0) is 12.0. The van der Waals surface area contributed by atoms with E-state index in [1.54, 1.807) is 4.90 Å². The lowest BCUT2D eigenvalue weighted by molar-refractivity contribution is -0.160. The number of β-amino-alcohol motifs (C(OH)–C–C–N with tert-alkyl or cyclic N) is 1. The summed E-state index contributed by atoms with van der Waals surface area (Å²) < 4.78 is 0. The summed E-state index contributed by atoms with van der Waals surface area (Å²) in [5, 5.41) is 12.1. The number of amides is 1. The predicted molar refractivity (Wildman–Crippen MR) is 65.5 cm³/mol. The smallest absolute Gasteiger partial charge is 0.245 e. The van der Waals surface area contributed by atoms with Crippen LogP contribution in [0.1, 0.15) is 23.8 Å². The molecule has 2 aliphatic rings. The normalized spacial score (nSPS) is 24.2. The third-order valence-corrected chi connectivity index (χ3v) is 4.65. The van der Waals surface area contributed by atoms with Gasteiger partial charge in [0.25, 0.3) is 0 Å². The Morgan fingerprint density at radius 1 is 1.59 bits per heavy atom. The minimum absolute atomic E-state index is 0.0715. The van der Waals surface area contributed by atoms with E-state index in [9.17, 15) is 9.90 Å². The van der Waals surface area contributed by atoms with E-state index in [1.807, 2.05) is 17.5 Å². The number of carbonyl (C=O) groups is 1. The second kappa shape index (κ2) is 3.80. The van der Waals surface area contributed by atoms with Crippen LogP contribution in [0, 0.1) is 5.92 Å². The molecule has 1 saturated heterocycles. The van der Waals surface area contributed by atoms with Crippen LogP contribution < -0.4 is 5.73 Å². The summed E-state index contributed by atoms with van der Waals surface area (Å²) in [6, 6.07) is 3.20. The summed E-state index contributed by atoms with van der Waals surface area (Å²) >= 11 is 1.49. The molecule has 1 aliphatic carbocycles. The maximum atomic E-state index is 12.1. The molecule has 92 valence electrons. The third-order valence-electron chi connectivity index (χ3n) is 3.69. The molecule has 0 radical (unpaired) electrons. The van der Waals surface area contributed by atoms with Gasteiger partial charge in [-0.1, -0.05) is 6.07 Å². The Morgan fingerprint density at radius 2 is 2.29 bits per heavy atom. The van der Waals surface area contributed by atoms with Gasteiger partial charge in [-0.25, -0.2) is 0 Å². The van der Waals surface area contributed by atoms with Crippen LogP contribution in [0.4, 0.5) is 0 Å². The summed E-state index contributed by atoms with van der Waals surface area (Å²) in [7, 11) is 0. The molecule has 3 rings (SSSR count). The first-order chi connectivity index (χ1) is 8.10. The van der Waals surface area contributed by atoms with Crippen molar-refractivity contribution in [3.63, 3.8) is 0 Å². The van der Waals surface area contributed by atoms with Crippen LogP contribution in [0.5, 0.6) is 0 Å². The number of hydrogen-bond acceptors (Lipinski definition) is 4. The number of nitrogens with zero attached hydrogens (tertiary/aromatic N) is 1. The molecule has 1 aromatic heterocycles. The van der Waals surface area contributed by atoms with Crippen molar-refractivity contribution in [2.24, 2.45) is 11.7 Å². The van der Waals surface area contributed by atoms with Crippen molar-refractivity contribution in [1.29, 1.82) is 0 Å². The zero-order valence-electron chi connectivity index (χ0n) is 9.50. The molecular formula is C12H16N2O2S. The highest BCUT2D eigenvalue weighted by Crippen LogP contribution is 2.44. The van der Waals surface area contributed by atoms with E-state index < -0.39 is 11.6 Å². The molecule has 17 heavy (non-hydrogen) atoms. The minimum atomic E-state index is -0.620. The van der Waals surface area contributed by atoms with E-state index in [1.165, 1.54) is 11.3 Å². The van der Waals surface area contributed by atoms with E-state index in [0.29, 0.717) is 19.0 Å². The van der Waals surface area contributed by atoms with Crippen LogP contribution in [0.25, 0.3) is 0 Å². The summed E-state index contributed by atoms with van der Waals surface area (Å²) in [4.78, 5) is 14.6. The molecule has 0 aromatic carbocycles. The highest BCUT2D eigenvalue weighted by Gasteiger charge is 2.53. The largest absolute Gasteiger partial charge is 0.386 e. The molecule has 3 N–H and O–H groups in total. The summed E-state index contributed by atoms with van der Waals surface area (Å²) in [6.07, 6.45) is 2.19. The topological polar surface area (TPSA) is 66.6 Å². The van der Waals surface area contributed by atoms with Gasteiger partial charge in [-0.3, -0.25) is 4.79 Å². The Hall–Kier alpha value is -0.910. The van der Waals surface area contributed by atoms with Crippen molar-refractivity contribution < 1.29 is 9.90 Å². The number of aliphatic hydroxyl groups is 1. The molecule has 1 amide bonds. The molecular weight excluding hydrogens is 236 g/mol. The lowest BCUT2D eigenvalue weighted by Crippen LogP contribution is -2.65. The van der Waals surface area contributed by atoms with Gasteiger partial charge in [-0.05, 0) is 30.2 Å². The average molecular weight is 252 g/mol. The molecule has 0 spiro atoms. The third kappa shape index (κ3) is 1.88. The van der Waals surface area contributed by atoms with E-state index in [4.69, 9.17) is 5.73 Å². The lowest BCUT2D eigenvalue weighted by Gasteiger charge is -2.47. The first-order valence-electron chi connectivity index (χ1n) is 5.90. The maximum Gasteiger partial charge on any atom is 0.245 e. The minimum Gasteiger partial charge on any atom is -0.386 e. The summed E-state index contributed by atoms with van der Waals surface area (Å²) in [6.45, 7) is 0.908. The van der Waals surface area contributed by atoms with Crippen molar-refractivity contribution in [3.05, 3.63) is 22.4 Å². The van der Waals surface area contributed by atoms with Crippen LogP contribution in [0.3, 0.4) is 0 Å². The van der Waals surface area contributed by atoms with E-state index in [0.717, 1.165) is 17.7 Å². The molecule has 2 fully saturated rings. The van der Waals surface area contributed by atoms with Crippen LogP contribution >= 0.6 is 11.3 Å². The van der Waals surface area contributed by atoms with Gasteiger partial charge in [-0.2, -0.15) is 0 Å². The fourth-order valence-electron chi connectivity index (χ4n) is 2.44. The number of nitrogens with two attached hydrogens (primary N) is 1. The monoisotopic (exact) mass is 252 g/mol. The number of thiophene rings is 1. The molecule has 1 saturated carbocycles. The molecule has 0 bridgehead atoms. The highest BCUT2D eigenvalue weighted by molar-refractivity contribution is 7.10. The Balaban J connectivity index is 1.61. The quantitative estimate of drug-likeness (QED) is 0.833. The summed E-state index contributed by atoms with van der Waals surface area (Å²) in [5.74, 6) is 0.335. The SMILES string of the molecule is NC(C(=O)N1CC(O)(C2CC2)C1)c1cccs1. The molecule has 5 heteroatoms. The van der Waals surface area contributed by atoms with E-state index in [-0.39, 0.29) is 5.91 Å². The molecule has 2 heterocycles. The second-order valence-corrected chi connectivity index (χ2v) is 6.04. The second-order valence-electron chi connectivity index (χ2n) is 5.07. The van der Waals surface area contributed by atoms with Crippen LogP contribution in [0.2, 0.25) is 0 Å². The molecule has 1 unspecified atom stereocenters. The fraction of sp³-hybridized carbons (Fsp3) is 0.583. The number of rotatable bonds is 3. The first-order valence-corrected chi connectivity index (χ1v) is 6.78. The van der Waals surface area contributed by atoms with Gasteiger partial charge in [0.15, 0.2) is 0 Å². The van der Waals surface area contributed by atoms with Crippen molar-refractivity contribution in [2.45, 2.75) is 24.5 Å². The Morgan fingerprint density at radius 3 is 2.82 bits per heavy atom. The summed E-state index contributed by atoms with van der Waals surface area (Å²) in [5.41, 5.74) is 5.29. The van der Waals surface area contributed by atoms with Gasteiger partial charge in [0.2, 0.25) is 5.91 Å². The van der Waals surface area contributed by atoms with Crippen molar-refractivity contribution in [3.8, 4) is 0 Å². The maximum absolute atomic E-state index is 12.1. The van der Waals surface area contributed by atoms with Gasteiger partial charge in [0.1, 0.15) is 11.6 Å². The van der Waals surface area contributed by atoms with Crippen molar-refractivity contribution in [1.82, 2.24) is 4.90 Å². The molecule has 4 nitrogen and oxygen atoms in total. The average Bonchev–Trinajstić information content (AvgIpc) is 2.99. The fourth-order valence-corrected chi connectivity index (χ4v) is 3.15. The van der Waals surface area contributed by atoms with E-state index >= 15 is 0 Å². The van der Waals surface area contributed by atoms with Crippen LogP contribution in [-0.2, 0) is 4.79 Å². The van der Waals surface area contributed by atoms with E-state index in [2.05, 4.69) is 0 Å². The number of carbonyl (C=O) groups excluding carboxylic acids is 1. The van der Waals surface area contributed by atoms with Crippen molar-refractivity contribution >= 4 is 17.2 Å². The molecule has 1 atom stereocenters. The lowest BCUT2D eigenvalue weighted by atomic mass is 9.88. The Labute approximate surface area is 104 Å². The number of hydrogen-bond donors (Lipinski definition) is 2. The zero-order valence-corrected chi connectivity index (χ0v) is 10.3. The van der Waals surface area contributed by atoms with Gasteiger partial charge < -0.3 is 15.7 Å². The first kappa shape index (κ1) is 11.2. The predicted octanol–water partition coefficient (Wildman–Crippen LogP) is 0.731. The molecule has 1 aromatic rings. The Bertz CT molecular complexity index is 422. The van der Waals surface area contributed by atoms with Crippen LogP contribution in [-0.4, -0.2) is 34.6 Å². The highest BCUT2D eigenvalue weighted by atomic mass is 32.1. The van der Waals surface area contributed by atoms with Gasteiger partial charge in [0, 0.05) is 4.88 Å². The number of likely N-dealkylation sites (tertiary alicyclic amines) is 1. The van der Waals surface area contributed by atoms with Gasteiger partial charge in [0.05, 0.1) is 13.1 Å². The standard InChI is InChI=1S/C12H16N2O2S/c13-10(9-2-1-5-17-9)11(15)14-6-12(16,7-14)8-3-4-8/h1-2,5,8,10,16H,3-4,6-7,13H2.